The molecule has 0 atom stereocenters. The van der Waals surface area contributed by atoms with Gasteiger partial charge in [-0.3, -0.25) is 9.48 Å². The van der Waals surface area contributed by atoms with Gasteiger partial charge in [-0.05, 0) is 47.5 Å². The van der Waals surface area contributed by atoms with Gasteiger partial charge in [0.1, 0.15) is 11.0 Å². The Hall–Kier alpha value is -2.74. The SMILES string of the molecule is CN1CCCn2nc(C(=O)NCc3ccc4nonc4c3)cc2C1. The van der Waals surface area contributed by atoms with E-state index in [9.17, 15) is 4.79 Å². The highest BCUT2D eigenvalue weighted by Crippen LogP contribution is 2.14. The molecule has 24 heavy (non-hydrogen) atoms. The molecule has 0 unspecified atom stereocenters. The Bertz CT molecular complexity index is 884. The number of hydrogen-bond donors (Lipinski definition) is 1. The molecule has 0 aliphatic carbocycles. The molecule has 2 aromatic heterocycles. The Morgan fingerprint density at radius 1 is 1.25 bits per heavy atom. The van der Waals surface area contributed by atoms with Gasteiger partial charge in [-0.25, -0.2) is 4.63 Å². The Morgan fingerprint density at radius 2 is 2.12 bits per heavy atom. The van der Waals surface area contributed by atoms with Crippen molar-refractivity contribution >= 4 is 16.9 Å². The number of rotatable bonds is 3. The van der Waals surface area contributed by atoms with Crippen LogP contribution in [0.15, 0.2) is 28.9 Å². The molecule has 4 rings (SSSR count). The van der Waals surface area contributed by atoms with Crippen LogP contribution >= 0.6 is 0 Å². The molecule has 8 nitrogen and oxygen atoms in total. The largest absolute Gasteiger partial charge is 0.347 e. The quantitative estimate of drug-likeness (QED) is 0.777. The second-order valence-electron chi connectivity index (χ2n) is 6.11. The lowest BCUT2D eigenvalue weighted by molar-refractivity contribution is 0.0945. The molecule has 8 heteroatoms. The van der Waals surface area contributed by atoms with Crippen LogP contribution in [0.2, 0.25) is 0 Å². The number of nitrogens with zero attached hydrogens (tertiary/aromatic N) is 5. The number of carbonyl (C=O) groups is 1. The number of carbonyl (C=O) groups excluding carboxylic acids is 1. The van der Waals surface area contributed by atoms with E-state index < -0.39 is 0 Å². The molecule has 1 N–H and O–H groups in total. The van der Waals surface area contributed by atoms with Gasteiger partial charge in [-0.2, -0.15) is 5.10 Å². The Labute approximate surface area is 138 Å². The molecule has 0 saturated carbocycles. The summed E-state index contributed by atoms with van der Waals surface area (Å²) in [6.07, 6.45) is 1.04. The number of benzene rings is 1. The molecule has 0 saturated heterocycles. The van der Waals surface area contributed by atoms with Gasteiger partial charge in [0.2, 0.25) is 0 Å². The molecule has 124 valence electrons. The van der Waals surface area contributed by atoms with Crippen molar-refractivity contribution in [3.63, 3.8) is 0 Å². The summed E-state index contributed by atoms with van der Waals surface area (Å²) in [5, 5.41) is 14.9. The molecule has 1 aliphatic rings. The molecule has 1 aromatic carbocycles. The summed E-state index contributed by atoms with van der Waals surface area (Å²) in [7, 11) is 2.08. The van der Waals surface area contributed by atoms with Gasteiger partial charge < -0.3 is 10.2 Å². The number of aromatic nitrogens is 4. The van der Waals surface area contributed by atoms with Crippen LogP contribution in [0.5, 0.6) is 0 Å². The monoisotopic (exact) mass is 326 g/mol. The molecule has 1 aliphatic heterocycles. The second-order valence-corrected chi connectivity index (χ2v) is 6.11. The van der Waals surface area contributed by atoms with Crippen molar-refractivity contribution in [3.8, 4) is 0 Å². The van der Waals surface area contributed by atoms with Crippen LogP contribution in [0.3, 0.4) is 0 Å². The zero-order valence-corrected chi connectivity index (χ0v) is 13.4. The van der Waals surface area contributed by atoms with Crippen LogP contribution in [0.4, 0.5) is 0 Å². The van der Waals surface area contributed by atoms with Crippen LogP contribution in [0.25, 0.3) is 11.0 Å². The van der Waals surface area contributed by atoms with Crippen LogP contribution in [-0.2, 0) is 19.6 Å². The van der Waals surface area contributed by atoms with Crippen molar-refractivity contribution < 1.29 is 9.42 Å². The van der Waals surface area contributed by atoms with Crippen molar-refractivity contribution in [1.29, 1.82) is 0 Å². The third-order valence-electron chi connectivity index (χ3n) is 4.21. The highest BCUT2D eigenvalue weighted by Gasteiger charge is 2.17. The van der Waals surface area contributed by atoms with E-state index in [4.69, 9.17) is 0 Å². The number of hydrogen-bond acceptors (Lipinski definition) is 6. The van der Waals surface area contributed by atoms with Gasteiger partial charge in [0.05, 0.1) is 5.69 Å². The summed E-state index contributed by atoms with van der Waals surface area (Å²) in [5.41, 5.74) is 3.86. The van der Waals surface area contributed by atoms with E-state index in [0.717, 1.165) is 37.3 Å². The first-order chi connectivity index (χ1) is 11.7. The van der Waals surface area contributed by atoms with Crippen molar-refractivity contribution in [3.05, 3.63) is 41.2 Å². The van der Waals surface area contributed by atoms with Gasteiger partial charge in [0.15, 0.2) is 5.69 Å². The fourth-order valence-electron chi connectivity index (χ4n) is 2.94. The van der Waals surface area contributed by atoms with E-state index in [2.05, 4.69) is 37.3 Å². The molecule has 0 bridgehead atoms. The first-order valence-corrected chi connectivity index (χ1v) is 7.94. The average molecular weight is 326 g/mol. The Balaban J connectivity index is 1.45. The summed E-state index contributed by atoms with van der Waals surface area (Å²) in [6, 6.07) is 7.44. The minimum atomic E-state index is -0.170. The van der Waals surface area contributed by atoms with E-state index in [1.165, 1.54) is 0 Å². The predicted octanol–water partition coefficient (Wildman–Crippen LogP) is 1.18. The molecular formula is C16H18N6O2. The second kappa shape index (κ2) is 6.04. The lowest BCUT2D eigenvalue weighted by Crippen LogP contribution is -2.23. The summed E-state index contributed by atoms with van der Waals surface area (Å²) in [5.74, 6) is -0.170. The lowest BCUT2D eigenvalue weighted by atomic mass is 10.2. The summed E-state index contributed by atoms with van der Waals surface area (Å²) >= 11 is 0. The maximum Gasteiger partial charge on any atom is 0.272 e. The first-order valence-electron chi connectivity index (χ1n) is 7.94. The fourth-order valence-corrected chi connectivity index (χ4v) is 2.94. The van der Waals surface area contributed by atoms with Gasteiger partial charge in [-0.15, -0.1) is 0 Å². The Morgan fingerprint density at radius 3 is 3.04 bits per heavy atom. The summed E-state index contributed by atoms with van der Waals surface area (Å²) < 4.78 is 6.61. The highest BCUT2D eigenvalue weighted by molar-refractivity contribution is 5.92. The lowest BCUT2D eigenvalue weighted by Gasteiger charge is -2.10. The van der Waals surface area contributed by atoms with Crippen LogP contribution in [-0.4, -0.2) is 44.5 Å². The first kappa shape index (κ1) is 14.8. The fraction of sp³-hybridized carbons (Fsp3) is 0.375. The third kappa shape index (κ3) is 2.88. The summed E-state index contributed by atoms with van der Waals surface area (Å²) in [6.45, 7) is 3.12. The smallest absolute Gasteiger partial charge is 0.272 e. The topological polar surface area (TPSA) is 89.1 Å². The van der Waals surface area contributed by atoms with Crippen LogP contribution in [0, 0.1) is 0 Å². The maximum atomic E-state index is 12.4. The minimum Gasteiger partial charge on any atom is -0.347 e. The van der Waals surface area contributed by atoms with Crippen molar-refractivity contribution in [2.75, 3.05) is 13.6 Å². The summed E-state index contributed by atoms with van der Waals surface area (Å²) in [4.78, 5) is 14.6. The maximum absolute atomic E-state index is 12.4. The zero-order valence-electron chi connectivity index (χ0n) is 13.4. The molecular weight excluding hydrogens is 308 g/mol. The molecule has 0 radical (unpaired) electrons. The third-order valence-corrected chi connectivity index (χ3v) is 4.21. The van der Waals surface area contributed by atoms with Crippen LogP contribution < -0.4 is 5.32 Å². The van der Waals surface area contributed by atoms with Gasteiger partial charge >= 0.3 is 0 Å². The van der Waals surface area contributed by atoms with Gasteiger partial charge in [0.25, 0.3) is 5.91 Å². The van der Waals surface area contributed by atoms with E-state index >= 15 is 0 Å². The van der Waals surface area contributed by atoms with E-state index in [1.807, 2.05) is 28.9 Å². The average Bonchev–Trinajstić information content (AvgIpc) is 3.15. The normalized spacial score (nSPS) is 15.2. The molecule has 0 spiro atoms. The Kier molecular flexibility index (Phi) is 3.73. The molecule has 0 fully saturated rings. The highest BCUT2D eigenvalue weighted by atomic mass is 16.6. The standard InChI is InChI=1S/C16H18N6O2/c1-21-5-2-6-22-12(10-21)8-15(18-22)16(23)17-9-11-3-4-13-14(7-11)20-24-19-13/h3-4,7-8H,2,5-6,9-10H2,1H3,(H,17,23). The van der Waals surface area contributed by atoms with E-state index in [0.29, 0.717) is 23.3 Å². The van der Waals surface area contributed by atoms with Crippen LogP contribution in [0.1, 0.15) is 28.2 Å². The minimum absolute atomic E-state index is 0.170. The number of nitrogens with one attached hydrogen (secondary N) is 1. The number of amides is 1. The van der Waals surface area contributed by atoms with Crippen molar-refractivity contribution in [1.82, 2.24) is 30.3 Å². The van der Waals surface area contributed by atoms with Crippen molar-refractivity contribution in [2.45, 2.75) is 26.1 Å². The number of fused-ring (bicyclic) bond motifs is 2. The van der Waals surface area contributed by atoms with Gasteiger partial charge in [-0.1, -0.05) is 6.07 Å². The molecule has 3 heterocycles. The number of aryl methyl sites for hydroxylation is 1. The van der Waals surface area contributed by atoms with Gasteiger partial charge in [0, 0.05) is 26.2 Å². The van der Waals surface area contributed by atoms with E-state index in [1.54, 1.807) is 0 Å². The van der Waals surface area contributed by atoms with Crippen molar-refractivity contribution in [2.24, 2.45) is 0 Å². The zero-order chi connectivity index (χ0) is 16.5. The molecule has 3 aromatic rings. The molecule has 1 amide bonds. The van der Waals surface area contributed by atoms with E-state index in [-0.39, 0.29) is 5.91 Å². The predicted molar refractivity (Wildman–Crippen MR) is 86.2 cm³/mol.